The molecule has 0 bridgehead atoms. The van der Waals surface area contributed by atoms with Crippen molar-refractivity contribution < 1.29 is 9.15 Å². The van der Waals surface area contributed by atoms with Gasteiger partial charge in [-0.2, -0.15) is 0 Å². The van der Waals surface area contributed by atoms with E-state index >= 15 is 0 Å². The fourth-order valence-corrected chi connectivity index (χ4v) is 1.87. The fraction of sp³-hybridized carbons (Fsp3) is 0.182. The zero-order valence-corrected chi connectivity index (χ0v) is 10.3. The summed E-state index contributed by atoms with van der Waals surface area (Å²) in [4.78, 5) is 4.05. The van der Waals surface area contributed by atoms with E-state index in [9.17, 15) is 0 Å². The van der Waals surface area contributed by atoms with Crippen LogP contribution < -0.4 is 10.5 Å². The van der Waals surface area contributed by atoms with E-state index in [2.05, 4.69) is 20.9 Å². The van der Waals surface area contributed by atoms with Gasteiger partial charge in [0.2, 0.25) is 0 Å². The largest absolute Gasteiger partial charge is 0.497 e. The summed E-state index contributed by atoms with van der Waals surface area (Å²) in [6.45, 7) is 0.343. The van der Waals surface area contributed by atoms with Crippen LogP contribution in [0, 0.1) is 0 Å². The molecule has 0 saturated heterocycles. The van der Waals surface area contributed by atoms with E-state index in [0.29, 0.717) is 12.3 Å². The number of methoxy groups -OCH3 is 1. The topological polar surface area (TPSA) is 61.3 Å². The van der Waals surface area contributed by atoms with E-state index in [0.717, 1.165) is 21.5 Å². The summed E-state index contributed by atoms with van der Waals surface area (Å²) in [7, 11) is 1.62. The SMILES string of the molecule is COc1ccc(Br)c(-c2ocnc2CN)c1. The van der Waals surface area contributed by atoms with Crippen LogP contribution in [-0.2, 0) is 6.54 Å². The van der Waals surface area contributed by atoms with E-state index in [1.165, 1.54) is 6.39 Å². The molecule has 0 saturated carbocycles. The molecule has 16 heavy (non-hydrogen) atoms. The molecule has 0 aliphatic rings. The Morgan fingerprint density at radius 1 is 1.50 bits per heavy atom. The van der Waals surface area contributed by atoms with Crippen LogP contribution in [0.5, 0.6) is 5.75 Å². The lowest BCUT2D eigenvalue weighted by molar-refractivity contribution is 0.414. The minimum atomic E-state index is 0.343. The maximum atomic E-state index is 5.58. The van der Waals surface area contributed by atoms with Crippen LogP contribution in [0.25, 0.3) is 11.3 Å². The number of benzene rings is 1. The molecule has 5 heteroatoms. The molecule has 0 spiro atoms. The standard InChI is InChI=1S/C11H11BrN2O2/c1-15-7-2-3-9(12)8(4-7)11-10(5-13)14-6-16-11/h2-4,6H,5,13H2,1H3. The molecule has 1 heterocycles. The maximum Gasteiger partial charge on any atom is 0.181 e. The van der Waals surface area contributed by atoms with E-state index in [1.54, 1.807) is 7.11 Å². The van der Waals surface area contributed by atoms with Crippen molar-refractivity contribution in [3.8, 4) is 17.1 Å². The first kappa shape index (κ1) is 11.2. The highest BCUT2D eigenvalue weighted by Gasteiger charge is 2.13. The summed E-state index contributed by atoms with van der Waals surface area (Å²) >= 11 is 3.46. The van der Waals surface area contributed by atoms with Gasteiger partial charge in [0.15, 0.2) is 12.2 Å². The van der Waals surface area contributed by atoms with Gasteiger partial charge in [0, 0.05) is 16.6 Å². The normalized spacial score (nSPS) is 10.4. The van der Waals surface area contributed by atoms with Crippen molar-refractivity contribution in [2.45, 2.75) is 6.54 Å². The number of hydrogen-bond acceptors (Lipinski definition) is 4. The van der Waals surface area contributed by atoms with Gasteiger partial charge in [0.05, 0.1) is 7.11 Å². The quantitative estimate of drug-likeness (QED) is 0.940. The molecule has 1 aromatic heterocycles. The molecule has 84 valence electrons. The number of ether oxygens (including phenoxy) is 1. The Morgan fingerprint density at radius 2 is 2.31 bits per heavy atom. The maximum absolute atomic E-state index is 5.58. The first-order valence-electron chi connectivity index (χ1n) is 4.72. The summed E-state index contributed by atoms with van der Waals surface area (Å²) in [6.07, 6.45) is 1.39. The Bertz CT molecular complexity index is 496. The van der Waals surface area contributed by atoms with Crippen molar-refractivity contribution in [2.24, 2.45) is 5.73 Å². The second-order valence-electron chi connectivity index (χ2n) is 3.18. The van der Waals surface area contributed by atoms with Gasteiger partial charge in [-0.1, -0.05) is 15.9 Å². The summed E-state index contributed by atoms with van der Waals surface area (Å²) < 4.78 is 11.4. The molecule has 0 aliphatic carbocycles. The van der Waals surface area contributed by atoms with Crippen molar-refractivity contribution in [3.63, 3.8) is 0 Å². The van der Waals surface area contributed by atoms with Gasteiger partial charge in [-0.3, -0.25) is 0 Å². The van der Waals surface area contributed by atoms with Crippen LogP contribution in [0.3, 0.4) is 0 Å². The van der Waals surface area contributed by atoms with Gasteiger partial charge >= 0.3 is 0 Å². The van der Waals surface area contributed by atoms with Crippen molar-refractivity contribution >= 4 is 15.9 Å². The average molecular weight is 283 g/mol. The van der Waals surface area contributed by atoms with Gasteiger partial charge < -0.3 is 14.9 Å². The molecule has 4 nitrogen and oxygen atoms in total. The average Bonchev–Trinajstić information content (AvgIpc) is 2.77. The van der Waals surface area contributed by atoms with Crippen LogP contribution in [0.1, 0.15) is 5.69 Å². The van der Waals surface area contributed by atoms with Crippen LogP contribution in [0.4, 0.5) is 0 Å². The second kappa shape index (κ2) is 4.67. The first-order chi connectivity index (χ1) is 7.76. The first-order valence-corrected chi connectivity index (χ1v) is 5.52. The molecule has 0 unspecified atom stereocenters. The molecular formula is C11H11BrN2O2. The molecular weight excluding hydrogens is 272 g/mol. The second-order valence-corrected chi connectivity index (χ2v) is 4.03. The number of nitrogens with two attached hydrogens (primary N) is 1. The van der Waals surface area contributed by atoms with Crippen molar-refractivity contribution in [1.82, 2.24) is 4.98 Å². The minimum absolute atomic E-state index is 0.343. The molecule has 2 N–H and O–H groups in total. The smallest absolute Gasteiger partial charge is 0.181 e. The van der Waals surface area contributed by atoms with Gasteiger partial charge in [0.1, 0.15) is 11.4 Å². The van der Waals surface area contributed by atoms with E-state index in [4.69, 9.17) is 14.9 Å². The third kappa shape index (κ3) is 1.96. The summed E-state index contributed by atoms with van der Waals surface area (Å²) in [5.41, 5.74) is 7.20. The lowest BCUT2D eigenvalue weighted by atomic mass is 10.1. The Balaban J connectivity index is 2.54. The summed E-state index contributed by atoms with van der Waals surface area (Å²) in [5.74, 6) is 1.44. The predicted molar refractivity (Wildman–Crippen MR) is 64.1 cm³/mol. The van der Waals surface area contributed by atoms with E-state index in [-0.39, 0.29) is 0 Å². The van der Waals surface area contributed by atoms with Crippen molar-refractivity contribution in [1.29, 1.82) is 0 Å². The van der Waals surface area contributed by atoms with Crippen LogP contribution in [0.2, 0.25) is 0 Å². The molecule has 2 rings (SSSR count). The third-order valence-corrected chi connectivity index (χ3v) is 2.94. The van der Waals surface area contributed by atoms with E-state index in [1.807, 2.05) is 18.2 Å². The molecule has 0 amide bonds. The Morgan fingerprint density at radius 3 is 3.00 bits per heavy atom. The predicted octanol–water partition coefficient (Wildman–Crippen LogP) is 2.57. The number of nitrogens with zero attached hydrogens (tertiary/aromatic N) is 1. The Hall–Kier alpha value is -1.33. The molecule has 2 aromatic rings. The number of oxazole rings is 1. The van der Waals surface area contributed by atoms with Crippen LogP contribution in [-0.4, -0.2) is 12.1 Å². The number of aromatic nitrogens is 1. The summed E-state index contributed by atoms with van der Waals surface area (Å²) in [6, 6.07) is 5.65. The third-order valence-electron chi connectivity index (χ3n) is 2.25. The zero-order valence-electron chi connectivity index (χ0n) is 8.74. The molecule has 0 radical (unpaired) electrons. The molecule has 0 fully saturated rings. The Kier molecular flexibility index (Phi) is 3.26. The zero-order chi connectivity index (χ0) is 11.5. The van der Waals surface area contributed by atoms with Gasteiger partial charge in [-0.25, -0.2) is 4.98 Å². The van der Waals surface area contributed by atoms with Gasteiger partial charge in [-0.15, -0.1) is 0 Å². The molecule has 0 aliphatic heterocycles. The van der Waals surface area contributed by atoms with Gasteiger partial charge in [0.25, 0.3) is 0 Å². The monoisotopic (exact) mass is 282 g/mol. The van der Waals surface area contributed by atoms with Crippen LogP contribution >= 0.6 is 15.9 Å². The lowest BCUT2D eigenvalue weighted by Crippen LogP contribution is -1.98. The van der Waals surface area contributed by atoms with Crippen molar-refractivity contribution in [2.75, 3.05) is 7.11 Å². The van der Waals surface area contributed by atoms with Crippen molar-refractivity contribution in [3.05, 3.63) is 34.8 Å². The summed E-state index contributed by atoms with van der Waals surface area (Å²) in [5, 5.41) is 0. The van der Waals surface area contributed by atoms with Crippen LogP contribution in [0.15, 0.2) is 33.5 Å². The number of hydrogen-bond donors (Lipinski definition) is 1. The minimum Gasteiger partial charge on any atom is -0.497 e. The molecule has 0 atom stereocenters. The van der Waals surface area contributed by atoms with Gasteiger partial charge in [-0.05, 0) is 18.2 Å². The highest BCUT2D eigenvalue weighted by atomic mass is 79.9. The lowest BCUT2D eigenvalue weighted by Gasteiger charge is -2.05. The number of rotatable bonds is 3. The fourth-order valence-electron chi connectivity index (χ4n) is 1.44. The highest BCUT2D eigenvalue weighted by Crippen LogP contribution is 2.33. The van der Waals surface area contributed by atoms with E-state index < -0.39 is 0 Å². The highest BCUT2D eigenvalue weighted by molar-refractivity contribution is 9.10. The molecule has 1 aromatic carbocycles. The Labute approximate surface area is 102 Å². The number of halogens is 1.